The maximum atomic E-state index is 13.5. The van der Waals surface area contributed by atoms with Gasteiger partial charge < -0.3 is 24.7 Å². The fraction of sp³-hybridized carbons (Fsp3) is 0.767. The van der Waals surface area contributed by atoms with Crippen LogP contribution in [0.25, 0.3) is 0 Å². The summed E-state index contributed by atoms with van der Waals surface area (Å²) in [5.74, 6) is -1.03. The molecule has 1 unspecified atom stereocenters. The van der Waals surface area contributed by atoms with E-state index in [1.54, 1.807) is 12.2 Å². The van der Waals surface area contributed by atoms with Crippen LogP contribution in [0.4, 0.5) is 0 Å². The Morgan fingerprint density at radius 2 is 1.82 bits per heavy atom. The first-order valence-corrected chi connectivity index (χ1v) is 15.1. The molecule has 1 heterocycles. The standard InChI is InChI=1S/C30H43N3O9.2ClH/c1-28-8-6-21(34)16-20(28)4-5-22-23-7-9-30(38,29(23,2)17-24(35)27(22)28)25(36)19-41-26(37)18-32-13-11-31(12-14-32)10-3-15-42-33(39)40;;/h6,8,16,22-24,27,35,38H,3-5,7,9-15,17-19H2,1-2H3;2*1H/t22-,23-,24?,27+,28-,29-,30-;;/m0../s1. The van der Waals surface area contributed by atoms with Gasteiger partial charge in [0.2, 0.25) is 5.78 Å². The van der Waals surface area contributed by atoms with Gasteiger partial charge in [-0.15, -0.1) is 34.9 Å². The number of piperazine rings is 1. The van der Waals surface area contributed by atoms with Gasteiger partial charge in [0.05, 0.1) is 19.3 Å². The summed E-state index contributed by atoms with van der Waals surface area (Å²) in [5, 5.41) is 32.8. The smallest absolute Gasteiger partial charge is 0.320 e. The fourth-order valence-electron chi connectivity index (χ4n) is 8.88. The molecule has 5 aliphatic rings. The third kappa shape index (κ3) is 6.71. The quantitative estimate of drug-likeness (QED) is 0.153. The predicted molar refractivity (Wildman–Crippen MR) is 164 cm³/mol. The first-order valence-electron chi connectivity index (χ1n) is 15.1. The summed E-state index contributed by atoms with van der Waals surface area (Å²) in [6.07, 6.45) is 7.76. The molecule has 4 fully saturated rings. The second kappa shape index (κ2) is 14.1. The van der Waals surface area contributed by atoms with E-state index < -0.39 is 46.0 Å². The van der Waals surface area contributed by atoms with Gasteiger partial charge in [-0.25, -0.2) is 0 Å². The van der Waals surface area contributed by atoms with Crippen molar-refractivity contribution in [3.05, 3.63) is 33.9 Å². The Balaban J connectivity index is 0.00000264. The molecular formula is C30H45Cl2N3O9. The number of fused-ring (bicyclic) bond motifs is 5. The average molecular weight is 663 g/mol. The molecule has 0 amide bonds. The number of aliphatic hydroxyl groups excluding tert-OH is 1. The zero-order valence-electron chi connectivity index (χ0n) is 25.4. The zero-order chi connectivity index (χ0) is 30.3. The Morgan fingerprint density at radius 1 is 1.14 bits per heavy atom. The van der Waals surface area contributed by atoms with Crippen molar-refractivity contribution < 1.29 is 39.3 Å². The molecule has 3 saturated carbocycles. The van der Waals surface area contributed by atoms with Gasteiger partial charge in [-0.05, 0) is 62.5 Å². The van der Waals surface area contributed by atoms with E-state index in [1.165, 1.54) is 0 Å². The molecule has 1 aliphatic heterocycles. The van der Waals surface area contributed by atoms with Crippen LogP contribution >= 0.6 is 24.8 Å². The summed E-state index contributed by atoms with van der Waals surface area (Å²) in [6.45, 7) is 6.91. The predicted octanol–water partition coefficient (Wildman–Crippen LogP) is 2.17. The van der Waals surface area contributed by atoms with Gasteiger partial charge in [0.25, 0.3) is 5.09 Å². The summed E-state index contributed by atoms with van der Waals surface area (Å²) in [6, 6.07) is 0. The molecule has 12 nitrogen and oxygen atoms in total. The molecule has 1 saturated heterocycles. The average Bonchev–Trinajstić information content (AvgIpc) is 3.21. The van der Waals surface area contributed by atoms with Gasteiger partial charge in [0.1, 0.15) is 5.60 Å². The summed E-state index contributed by atoms with van der Waals surface area (Å²) < 4.78 is 5.37. The van der Waals surface area contributed by atoms with Gasteiger partial charge >= 0.3 is 5.97 Å². The van der Waals surface area contributed by atoms with Crippen LogP contribution in [0.3, 0.4) is 0 Å². The number of ketones is 2. The largest absolute Gasteiger partial charge is 0.457 e. The Kier molecular flexibility index (Phi) is 11.7. The van der Waals surface area contributed by atoms with E-state index in [0.717, 1.165) is 18.4 Å². The van der Waals surface area contributed by atoms with Crippen LogP contribution in [0.15, 0.2) is 23.8 Å². The van der Waals surface area contributed by atoms with E-state index in [-0.39, 0.29) is 74.3 Å². The third-order valence-corrected chi connectivity index (χ3v) is 11.1. The van der Waals surface area contributed by atoms with Gasteiger partial charge in [0, 0.05) is 49.5 Å². The highest BCUT2D eigenvalue weighted by molar-refractivity contribution is 6.01. The Labute approximate surface area is 270 Å². The number of nitrogens with zero attached hydrogens (tertiary/aromatic N) is 3. The lowest BCUT2D eigenvalue weighted by atomic mass is 9.46. The van der Waals surface area contributed by atoms with E-state index in [4.69, 9.17) is 4.74 Å². The monoisotopic (exact) mass is 661 g/mol. The molecule has 248 valence electrons. The van der Waals surface area contributed by atoms with Crippen molar-refractivity contribution in [3.8, 4) is 0 Å². The lowest BCUT2D eigenvalue weighted by molar-refractivity contribution is -0.757. The van der Waals surface area contributed by atoms with Gasteiger partial charge in [-0.2, -0.15) is 0 Å². The number of halogens is 2. The van der Waals surface area contributed by atoms with Crippen molar-refractivity contribution in [2.75, 3.05) is 52.5 Å². The van der Waals surface area contributed by atoms with Crippen molar-refractivity contribution in [2.45, 2.75) is 64.1 Å². The lowest BCUT2D eigenvalue weighted by Gasteiger charge is -2.59. The molecule has 0 bridgehead atoms. The molecule has 7 atom stereocenters. The highest BCUT2D eigenvalue weighted by Crippen LogP contribution is 2.67. The number of carbonyl (C=O) groups excluding carboxylic acids is 3. The first kappa shape index (κ1) is 36.4. The number of allylic oxidation sites excluding steroid dienone is 4. The molecule has 0 radical (unpaired) electrons. The van der Waals surface area contributed by atoms with Crippen molar-refractivity contribution >= 4 is 42.3 Å². The summed E-state index contributed by atoms with van der Waals surface area (Å²) in [4.78, 5) is 56.8. The number of rotatable bonds is 10. The van der Waals surface area contributed by atoms with Gasteiger partial charge in [0.15, 0.2) is 12.4 Å². The molecule has 4 aliphatic carbocycles. The van der Waals surface area contributed by atoms with Crippen LogP contribution in [0.2, 0.25) is 0 Å². The molecule has 0 spiro atoms. The fourth-order valence-corrected chi connectivity index (χ4v) is 8.88. The number of carbonyl (C=O) groups is 3. The number of hydrogen-bond donors (Lipinski definition) is 2. The first-order chi connectivity index (χ1) is 19.9. The van der Waals surface area contributed by atoms with E-state index in [1.807, 2.05) is 17.9 Å². The topological polar surface area (TPSA) is 160 Å². The molecule has 2 N–H and O–H groups in total. The van der Waals surface area contributed by atoms with Crippen molar-refractivity contribution in [3.63, 3.8) is 0 Å². The van der Waals surface area contributed by atoms with Gasteiger partial charge in [-0.1, -0.05) is 25.5 Å². The minimum absolute atomic E-state index is 0. The van der Waals surface area contributed by atoms with Crippen LogP contribution in [0, 0.1) is 38.7 Å². The molecule has 44 heavy (non-hydrogen) atoms. The number of aliphatic hydroxyl groups is 2. The Hall–Kier alpha value is -2.09. The molecule has 14 heteroatoms. The maximum Gasteiger partial charge on any atom is 0.320 e. The van der Waals surface area contributed by atoms with Crippen LogP contribution in [-0.2, 0) is 24.0 Å². The highest BCUT2D eigenvalue weighted by atomic mass is 35.5. The van der Waals surface area contributed by atoms with Crippen LogP contribution in [-0.4, -0.2) is 107 Å². The molecular weight excluding hydrogens is 617 g/mol. The summed E-state index contributed by atoms with van der Waals surface area (Å²) >= 11 is 0. The van der Waals surface area contributed by atoms with Crippen molar-refractivity contribution in [1.29, 1.82) is 0 Å². The number of ether oxygens (including phenoxy) is 1. The number of hydrogen-bond acceptors (Lipinski definition) is 11. The van der Waals surface area contributed by atoms with Crippen LogP contribution < -0.4 is 0 Å². The zero-order valence-corrected chi connectivity index (χ0v) is 27.0. The van der Waals surface area contributed by atoms with E-state index in [2.05, 4.69) is 16.7 Å². The highest BCUT2D eigenvalue weighted by Gasteiger charge is 2.68. The molecule has 0 aromatic rings. The van der Waals surface area contributed by atoms with E-state index in [9.17, 15) is 34.7 Å². The van der Waals surface area contributed by atoms with Crippen molar-refractivity contribution in [1.82, 2.24) is 9.80 Å². The maximum absolute atomic E-state index is 13.5. The lowest BCUT2D eigenvalue weighted by Crippen LogP contribution is -2.61. The second-order valence-corrected chi connectivity index (χ2v) is 13.2. The third-order valence-electron chi connectivity index (χ3n) is 11.1. The van der Waals surface area contributed by atoms with Crippen molar-refractivity contribution in [2.24, 2.45) is 28.6 Å². The summed E-state index contributed by atoms with van der Waals surface area (Å²) in [7, 11) is 0. The SMILES string of the molecule is C[C@]12C=CC(=O)C=C1CC[C@@H]1[C@@H]2C(O)C[C@@]2(C)[C@H]1CC[C@]2(O)C(=O)COC(=O)CN1CCN(CCCO[N+](=O)[O-])CC1.Cl.Cl. The number of Topliss-reactive ketones (excluding diaryl/α,β-unsaturated/α-hetero) is 1. The van der Waals surface area contributed by atoms with E-state index >= 15 is 0 Å². The van der Waals surface area contributed by atoms with Crippen LogP contribution in [0.5, 0.6) is 0 Å². The molecule has 0 aromatic carbocycles. The van der Waals surface area contributed by atoms with Crippen LogP contribution in [0.1, 0.15) is 52.4 Å². The Morgan fingerprint density at radius 3 is 2.50 bits per heavy atom. The second-order valence-electron chi connectivity index (χ2n) is 13.2. The minimum atomic E-state index is -1.69. The minimum Gasteiger partial charge on any atom is -0.457 e. The summed E-state index contributed by atoms with van der Waals surface area (Å²) in [5.41, 5.74) is -1.90. The molecule has 5 rings (SSSR count). The molecule has 0 aromatic heterocycles. The van der Waals surface area contributed by atoms with E-state index in [0.29, 0.717) is 45.6 Å². The van der Waals surface area contributed by atoms with Gasteiger partial charge in [-0.3, -0.25) is 19.3 Å². The normalized spacial score (nSPS) is 36.5. The number of esters is 1. The Bertz CT molecular complexity index is 1180.